The summed E-state index contributed by atoms with van der Waals surface area (Å²) in [5, 5.41) is 4.37. The van der Waals surface area contributed by atoms with Crippen LogP contribution in [0.3, 0.4) is 0 Å². The molecule has 0 bridgehead atoms. The maximum absolute atomic E-state index is 12.4. The van der Waals surface area contributed by atoms with Gasteiger partial charge in [0.15, 0.2) is 0 Å². The molecule has 1 aromatic carbocycles. The van der Waals surface area contributed by atoms with Crippen LogP contribution >= 0.6 is 11.6 Å². The van der Waals surface area contributed by atoms with E-state index < -0.39 is 10.0 Å². The van der Waals surface area contributed by atoms with Crippen LogP contribution in [0.4, 0.5) is 0 Å². The van der Waals surface area contributed by atoms with Gasteiger partial charge in [0.25, 0.3) is 0 Å². The Kier molecular flexibility index (Phi) is 5.00. The maximum atomic E-state index is 12.4. The molecule has 21 heavy (non-hydrogen) atoms. The summed E-state index contributed by atoms with van der Waals surface area (Å²) in [6, 6.07) is 4.90. The third-order valence-electron chi connectivity index (χ3n) is 3.13. The van der Waals surface area contributed by atoms with Crippen LogP contribution in [0.2, 0.25) is 5.02 Å². The van der Waals surface area contributed by atoms with E-state index in [2.05, 4.69) is 9.82 Å². The number of nitrogens with one attached hydrogen (secondary N) is 1. The molecule has 0 fully saturated rings. The first-order valence-corrected chi connectivity index (χ1v) is 8.26. The molecule has 1 aromatic heterocycles. The Hall–Kier alpha value is -1.41. The van der Waals surface area contributed by atoms with Gasteiger partial charge in [-0.25, -0.2) is 13.1 Å². The third kappa shape index (κ3) is 3.82. The Balaban J connectivity index is 2.17. The molecule has 0 aliphatic rings. The number of rotatable bonds is 6. The van der Waals surface area contributed by atoms with E-state index in [1.807, 2.05) is 0 Å². The highest BCUT2D eigenvalue weighted by Gasteiger charge is 2.19. The molecule has 0 spiro atoms. The molecule has 0 aliphatic heterocycles. The fourth-order valence-corrected chi connectivity index (χ4v) is 3.64. The molecule has 0 saturated carbocycles. The zero-order valence-electron chi connectivity index (χ0n) is 11.6. The number of halogens is 1. The summed E-state index contributed by atoms with van der Waals surface area (Å²) in [5.41, 5.74) is 6.95. The monoisotopic (exact) mass is 328 g/mol. The van der Waals surface area contributed by atoms with E-state index in [-0.39, 0.29) is 18.0 Å². The van der Waals surface area contributed by atoms with Crippen LogP contribution in [0, 0.1) is 6.92 Å². The van der Waals surface area contributed by atoms with Crippen molar-refractivity contribution in [2.24, 2.45) is 5.73 Å². The minimum atomic E-state index is -3.63. The topological polar surface area (TPSA) is 90.0 Å². The number of nitrogens with zero attached hydrogens (tertiary/aromatic N) is 2. The Labute approximate surface area is 129 Å². The number of nitrogens with two attached hydrogens (primary N) is 1. The lowest BCUT2D eigenvalue weighted by Crippen LogP contribution is -2.28. The van der Waals surface area contributed by atoms with Crippen molar-refractivity contribution in [1.29, 1.82) is 0 Å². The molecule has 6 nitrogen and oxygen atoms in total. The van der Waals surface area contributed by atoms with E-state index in [1.165, 1.54) is 6.07 Å². The van der Waals surface area contributed by atoms with Gasteiger partial charge in [-0.15, -0.1) is 0 Å². The average Bonchev–Trinajstić information content (AvgIpc) is 2.93. The zero-order valence-corrected chi connectivity index (χ0v) is 13.2. The van der Waals surface area contributed by atoms with Crippen molar-refractivity contribution in [2.45, 2.75) is 24.9 Å². The Bertz CT molecular complexity index is 714. The van der Waals surface area contributed by atoms with Crippen LogP contribution < -0.4 is 10.5 Å². The molecule has 2 rings (SSSR count). The van der Waals surface area contributed by atoms with Crippen molar-refractivity contribution in [1.82, 2.24) is 14.5 Å². The summed E-state index contributed by atoms with van der Waals surface area (Å²) in [5.74, 6) is 0. The lowest BCUT2D eigenvalue weighted by atomic mass is 10.1. The van der Waals surface area contributed by atoms with Crippen LogP contribution in [-0.2, 0) is 23.1 Å². The van der Waals surface area contributed by atoms with E-state index in [4.69, 9.17) is 17.3 Å². The summed E-state index contributed by atoms with van der Waals surface area (Å²) in [4.78, 5) is 0.163. The van der Waals surface area contributed by atoms with Crippen molar-refractivity contribution < 1.29 is 8.42 Å². The molecule has 2 aromatic rings. The normalized spacial score (nSPS) is 11.8. The summed E-state index contributed by atoms with van der Waals surface area (Å²) in [6.45, 7) is 2.66. The molecular formula is C13H17ClN4O2S. The largest absolute Gasteiger partial charge is 0.326 e. The molecular weight excluding hydrogens is 312 g/mol. The molecule has 0 radical (unpaired) electrons. The molecule has 1 heterocycles. The van der Waals surface area contributed by atoms with Crippen LogP contribution in [0.15, 0.2) is 35.5 Å². The van der Waals surface area contributed by atoms with Crippen molar-refractivity contribution >= 4 is 21.6 Å². The van der Waals surface area contributed by atoms with E-state index in [1.54, 1.807) is 36.1 Å². The van der Waals surface area contributed by atoms with Gasteiger partial charge in [-0.3, -0.25) is 4.68 Å². The fourth-order valence-electron chi connectivity index (χ4n) is 2.00. The fraction of sp³-hybridized carbons (Fsp3) is 0.308. The van der Waals surface area contributed by atoms with Gasteiger partial charge in [-0.05, 0) is 36.2 Å². The molecule has 0 aliphatic carbocycles. The van der Waals surface area contributed by atoms with E-state index in [0.717, 1.165) is 5.56 Å². The Morgan fingerprint density at radius 3 is 2.81 bits per heavy atom. The van der Waals surface area contributed by atoms with Crippen LogP contribution in [0.1, 0.15) is 11.1 Å². The van der Waals surface area contributed by atoms with E-state index in [9.17, 15) is 8.42 Å². The Morgan fingerprint density at radius 2 is 2.19 bits per heavy atom. The van der Waals surface area contributed by atoms with Crippen LogP contribution in [0.5, 0.6) is 0 Å². The molecule has 114 valence electrons. The first-order valence-electron chi connectivity index (χ1n) is 6.40. The minimum Gasteiger partial charge on any atom is -0.326 e. The molecule has 0 amide bonds. The minimum absolute atomic E-state index is 0.163. The van der Waals surface area contributed by atoms with Crippen molar-refractivity contribution in [3.8, 4) is 0 Å². The highest BCUT2D eigenvalue weighted by molar-refractivity contribution is 7.89. The highest BCUT2D eigenvalue weighted by Crippen LogP contribution is 2.24. The quantitative estimate of drug-likeness (QED) is 0.836. The number of hydrogen-bond acceptors (Lipinski definition) is 4. The smallest absolute Gasteiger partial charge is 0.240 e. The zero-order chi connectivity index (χ0) is 15.5. The van der Waals surface area contributed by atoms with Gasteiger partial charge in [0.05, 0.1) is 11.4 Å². The van der Waals surface area contributed by atoms with Crippen molar-refractivity contribution in [3.63, 3.8) is 0 Å². The summed E-state index contributed by atoms with van der Waals surface area (Å²) < 4.78 is 28.9. The summed E-state index contributed by atoms with van der Waals surface area (Å²) >= 11 is 5.96. The number of benzene rings is 1. The Morgan fingerprint density at radius 1 is 1.43 bits per heavy atom. The lowest BCUT2D eigenvalue weighted by Gasteiger charge is -2.13. The average molecular weight is 329 g/mol. The second-order valence-electron chi connectivity index (χ2n) is 4.56. The molecule has 8 heteroatoms. The van der Waals surface area contributed by atoms with Gasteiger partial charge >= 0.3 is 0 Å². The van der Waals surface area contributed by atoms with Gasteiger partial charge in [0, 0.05) is 30.5 Å². The standard InChI is InChI=1S/C13H17ClN4O2S/c1-10-11(9-15)7-12(14)8-13(10)21(19,20)17-4-6-18-5-2-3-16-18/h2-3,5,7-8,17H,4,6,9,15H2,1H3. The second kappa shape index (κ2) is 6.57. The molecule has 0 unspecified atom stereocenters. The summed E-state index contributed by atoms with van der Waals surface area (Å²) in [6.07, 6.45) is 3.41. The SMILES string of the molecule is Cc1c(CN)cc(Cl)cc1S(=O)(=O)NCCn1cccn1. The maximum Gasteiger partial charge on any atom is 0.240 e. The number of hydrogen-bond donors (Lipinski definition) is 2. The molecule has 3 N–H and O–H groups in total. The van der Waals surface area contributed by atoms with Gasteiger partial charge in [-0.2, -0.15) is 5.10 Å². The first-order chi connectivity index (χ1) is 9.94. The number of aromatic nitrogens is 2. The lowest BCUT2D eigenvalue weighted by molar-refractivity contribution is 0.560. The predicted octanol–water partition coefficient (Wildman–Crippen LogP) is 1.28. The van der Waals surface area contributed by atoms with E-state index >= 15 is 0 Å². The van der Waals surface area contributed by atoms with Crippen molar-refractivity contribution in [2.75, 3.05) is 6.54 Å². The van der Waals surface area contributed by atoms with Crippen molar-refractivity contribution in [3.05, 3.63) is 46.7 Å². The van der Waals surface area contributed by atoms with Gasteiger partial charge in [0.2, 0.25) is 10.0 Å². The first kappa shape index (κ1) is 16.0. The highest BCUT2D eigenvalue weighted by atomic mass is 35.5. The third-order valence-corrected chi connectivity index (χ3v) is 4.94. The molecule has 0 atom stereocenters. The van der Waals surface area contributed by atoms with E-state index in [0.29, 0.717) is 17.1 Å². The molecule has 0 saturated heterocycles. The van der Waals surface area contributed by atoms with Gasteiger partial charge in [-0.1, -0.05) is 11.6 Å². The number of sulfonamides is 1. The summed E-state index contributed by atoms with van der Waals surface area (Å²) in [7, 11) is -3.63. The second-order valence-corrected chi connectivity index (χ2v) is 6.73. The predicted molar refractivity (Wildman–Crippen MR) is 81.5 cm³/mol. The van der Waals surface area contributed by atoms with Gasteiger partial charge < -0.3 is 5.73 Å². The van der Waals surface area contributed by atoms with Crippen LogP contribution in [-0.4, -0.2) is 24.7 Å². The van der Waals surface area contributed by atoms with Gasteiger partial charge in [0.1, 0.15) is 0 Å². The van der Waals surface area contributed by atoms with Crippen LogP contribution in [0.25, 0.3) is 0 Å².